The summed E-state index contributed by atoms with van der Waals surface area (Å²) in [5.41, 5.74) is 0.216. The number of ether oxygens (including phenoxy) is 2. The highest BCUT2D eigenvalue weighted by Crippen LogP contribution is 2.26. The summed E-state index contributed by atoms with van der Waals surface area (Å²) >= 11 is 5.65. The molecule has 0 unspecified atom stereocenters. The van der Waals surface area contributed by atoms with Gasteiger partial charge in [0.2, 0.25) is 11.1 Å². The number of hydrogen-bond acceptors (Lipinski definition) is 8. The average Bonchev–Trinajstić information content (AvgIpc) is 2.53. The number of nitro groups is 1. The topological polar surface area (TPSA) is 116 Å². The largest absolute Gasteiger partial charge is 0.482 e. The van der Waals surface area contributed by atoms with Crippen LogP contribution in [-0.4, -0.2) is 34.6 Å². The van der Waals surface area contributed by atoms with E-state index in [1.54, 1.807) is 24.3 Å². The number of halogens is 1. The molecule has 2 rings (SSSR count). The minimum atomic E-state index is -0.619. The van der Waals surface area contributed by atoms with Crippen molar-refractivity contribution in [2.24, 2.45) is 0 Å². The van der Waals surface area contributed by atoms with Gasteiger partial charge in [-0.2, -0.15) is 4.98 Å². The fourth-order valence-electron chi connectivity index (χ4n) is 1.55. The molecule has 1 heterocycles. The van der Waals surface area contributed by atoms with E-state index in [1.165, 1.54) is 7.11 Å². The second kappa shape index (κ2) is 7.36. The molecule has 0 aliphatic rings. The number of nitrogens with zero attached hydrogens (tertiary/aromatic N) is 3. The molecule has 0 radical (unpaired) electrons. The second-order valence-corrected chi connectivity index (χ2v) is 4.48. The number of carbonyl (C=O) groups excluding carboxylic acids is 1. The summed E-state index contributed by atoms with van der Waals surface area (Å²) in [4.78, 5) is 28.7. The second-order valence-electron chi connectivity index (χ2n) is 4.14. The van der Waals surface area contributed by atoms with Crippen LogP contribution in [-0.2, 0) is 9.53 Å². The molecule has 0 bridgehead atoms. The Kier molecular flexibility index (Phi) is 5.26. The molecule has 0 atom stereocenters. The van der Waals surface area contributed by atoms with E-state index in [2.05, 4.69) is 20.0 Å². The lowest BCUT2D eigenvalue weighted by atomic mass is 10.3. The van der Waals surface area contributed by atoms with Gasteiger partial charge in [-0.05, 0) is 35.9 Å². The summed E-state index contributed by atoms with van der Waals surface area (Å²) in [6.07, 6.45) is 1.02. The van der Waals surface area contributed by atoms with Gasteiger partial charge < -0.3 is 14.8 Å². The van der Waals surface area contributed by atoms with E-state index in [4.69, 9.17) is 16.3 Å². The first-order valence-electron chi connectivity index (χ1n) is 6.23. The molecule has 2 aromatic rings. The van der Waals surface area contributed by atoms with Crippen LogP contribution >= 0.6 is 11.6 Å². The van der Waals surface area contributed by atoms with Crippen LogP contribution in [0.15, 0.2) is 30.5 Å². The predicted octanol–water partition coefficient (Wildman–Crippen LogP) is 2.33. The number of carbonyl (C=O) groups is 1. The first-order valence-corrected chi connectivity index (χ1v) is 6.61. The van der Waals surface area contributed by atoms with Gasteiger partial charge in [-0.1, -0.05) is 0 Å². The van der Waals surface area contributed by atoms with Crippen molar-refractivity contribution >= 4 is 34.8 Å². The van der Waals surface area contributed by atoms with Crippen molar-refractivity contribution in [3.63, 3.8) is 0 Å². The Balaban J connectivity index is 2.11. The fraction of sp³-hybridized carbons (Fsp3) is 0.154. The normalized spacial score (nSPS) is 10.0. The van der Waals surface area contributed by atoms with Gasteiger partial charge in [0.15, 0.2) is 6.61 Å². The molecule has 10 heteroatoms. The number of rotatable bonds is 6. The Morgan fingerprint density at radius 2 is 2.09 bits per heavy atom. The highest BCUT2D eigenvalue weighted by atomic mass is 35.5. The van der Waals surface area contributed by atoms with Crippen LogP contribution in [0.3, 0.4) is 0 Å². The van der Waals surface area contributed by atoms with Crippen molar-refractivity contribution in [3.05, 3.63) is 45.9 Å². The van der Waals surface area contributed by atoms with E-state index in [0.29, 0.717) is 11.4 Å². The highest BCUT2D eigenvalue weighted by molar-refractivity contribution is 6.28. The monoisotopic (exact) mass is 338 g/mol. The Morgan fingerprint density at radius 3 is 2.70 bits per heavy atom. The maximum atomic E-state index is 11.0. The number of methoxy groups -OCH3 is 1. The Bertz CT molecular complexity index is 723. The Hall–Kier alpha value is -2.94. The number of aromatic nitrogens is 2. The molecule has 1 aromatic carbocycles. The van der Waals surface area contributed by atoms with Crippen LogP contribution in [0.25, 0.3) is 0 Å². The number of hydrogen-bond donors (Lipinski definition) is 1. The molecular weight excluding hydrogens is 328 g/mol. The van der Waals surface area contributed by atoms with Crippen LogP contribution in [0.2, 0.25) is 5.28 Å². The van der Waals surface area contributed by atoms with Crippen molar-refractivity contribution in [3.8, 4) is 5.75 Å². The Morgan fingerprint density at radius 1 is 1.39 bits per heavy atom. The lowest BCUT2D eigenvalue weighted by Crippen LogP contribution is -2.12. The summed E-state index contributed by atoms with van der Waals surface area (Å²) in [6.45, 7) is -0.212. The van der Waals surface area contributed by atoms with Crippen molar-refractivity contribution in [2.45, 2.75) is 0 Å². The summed E-state index contributed by atoms with van der Waals surface area (Å²) in [7, 11) is 1.26. The summed E-state index contributed by atoms with van der Waals surface area (Å²) < 4.78 is 9.64. The van der Waals surface area contributed by atoms with Crippen LogP contribution in [0.1, 0.15) is 0 Å². The molecule has 0 fully saturated rings. The smallest absolute Gasteiger partial charge is 0.343 e. The third-order valence-electron chi connectivity index (χ3n) is 2.64. The van der Waals surface area contributed by atoms with Gasteiger partial charge in [0.05, 0.1) is 12.0 Å². The lowest BCUT2D eigenvalue weighted by Gasteiger charge is -2.08. The molecule has 0 spiro atoms. The average molecular weight is 339 g/mol. The summed E-state index contributed by atoms with van der Waals surface area (Å²) in [5, 5.41) is 13.6. The van der Waals surface area contributed by atoms with E-state index in [1.807, 2.05) is 0 Å². The minimum absolute atomic E-state index is 0.0294. The number of benzene rings is 1. The van der Waals surface area contributed by atoms with Crippen LogP contribution in [0.4, 0.5) is 17.2 Å². The van der Waals surface area contributed by atoms with Gasteiger partial charge in [-0.15, -0.1) is 0 Å². The zero-order valence-electron chi connectivity index (χ0n) is 11.9. The third-order valence-corrected chi connectivity index (χ3v) is 2.82. The van der Waals surface area contributed by atoms with Crippen molar-refractivity contribution < 1.29 is 19.2 Å². The third kappa shape index (κ3) is 4.51. The molecular formula is C13H11ClN4O5. The molecule has 0 aliphatic carbocycles. The summed E-state index contributed by atoms with van der Waals surface area (Å²) in [5.74, 6) is -0.0900. The molecule has 0 saturated carbocycles. The fourth-order valence-corrected chi connectivity index (χ4v) is 1.69. The van der Waals surface area contributed by atoms with Crippen molar-refractivity contribution in [2.75, 3.05) is 19.0 Å². The molecule has 120 valence electrons. The number of nitrogens with one attached hydrogen (secondary N) is 1. The molecule has 0 amide bonds. The molecule has 0 aliphatic heterocycles. The standard InChI is InChI=1S/C13H11ClN4O5/c1-22-11(19)7-23-9-4-2-8(3-5-9)16-12-10(18(20)21)6-15-13(14)17-12/h2-6H,7H2,1H3,(H,15,16,17). The lowest BCUT2D eigenvalue weighted by molar-refractivity contribution is -0.384. The van der Waals surface area contributed by atoms with E-state index in [-0.39, 0.29) is 23.4 Å². The zero-order chi connectivity index (χ0) is 16.8. The van der Waals surface area contributed by atoms with E-state index in [9.17, 15) is 14.9 Å². The molecule has 1 aromatic heterocycles. The first-order chi connectivity index (χ1) is 11.0. The highest BCUT2D eigenvalue weighted by Gasteiger charge is 2.17. The molecule has 23 heavy (non-hydrogen) atoms. The SMILES string of the molecule is COC(=O)COc1ccc(Nc2nc(Cl)ncc2[N+](=O)[O-])cc1. The van der Waals surface area contributed by atoms with Gasteiger partial charge in [0.1, 0.15) is 11.9 Å². The van der Waals surface area contributed by atoms with Gasteiger partial charge in [-0.3, -0.25) is 10.1 Å². The summed E-state index contributed by atoms with van der Waals surface area (Å²) in [6, 6.07) is 6.37. The maximum Gasteiger partial charge on any atom is 0.343 e. The van der Waals surface area contributed by atoms with Crippen LogP contribution in [0, 0.1) is 10.1 Å². The van der Waals surface area contributed by atoms with Crippen LogP contribution < -0.4 is 10.1 Å². The quantitative estimate of drug-likeness (QED) is 0.369. The van der Waals surface area contributed by atoms with Gasteiger partial charge in [-0.25, -0.2) is 9.78 Å². The zero-order valence-corrected chi connectivity index (χ0v) is 12.6. The van der Waals surface area contributed by atoms with Crippen molar-refractivity contribution in [1.29, 1.82) is 0 Å². The number of esters is 1. The molecule has 1 N–H and O–H groups in total. The maximum absolute atomic E-state index is 11.0. The predicted molar refractivity (Wildman–Crippen MR) is 80.9 cm³/mol. The van der Waals surface area contributed by atoms with Gasteiger partial charge in [0.25, 0.3) is 0 Å². The number of anilines is 2. The minimum Gasteiger partial charge on any atom is -0.482 e. The van der Waals surface area contributed by atoms with E-state index < -0.39 is 10.9 Å². The molecule has 0 saturated heterocycles. The Labute approximate surface area is 135 Å². The van der Waals surface area contributed by atoms with Crippen LogP contribution in [0.5, 0.6) is 5.75 Å². The van der Waals surface area contributed by atoms with Gasteiger partial charge in [0, 0.05) is 5.69 Å². The first kappa shape index (κ1) is 16.4. The van der Waals surface area contributed by atoms with E-state index in [0.717, 1.165) is 6.20 Å². The molecule has 9 nitrogen and oxygen atoms in total. The van der Waals surface area contributed by atoms with Gasteiger partial charge >= 0.3 is 11.7 Å². The van der Waals surface area contributed by atoms with Crippen molar-refractivity contribution in [1.82, 2.24) is 9.97 Å². The van der Waals surface area contributed by atoms with E-state index >= 15 is 0 Å².